The molecule has 0 unspecified atom stereocenters. The molecule has 8 heavy (non-hydrogen) atoms. The molecule has 1 aliphatic rings. The summed E-state index contributed by atoms with van der Waals surface area (Å²) in [6.45, 7) is 0. The van der Waals surface area contributed by atoms with Crippen LogP contribution in [-0.2, 0) is 10.0 Å². The Labute approximate surface area is 52.9 Å². The summed E-state index contributed by atoms with van der Waals surface area (Å²) in [7, 11) is -3.46. The van der Waals surface area contributed by atoms with Crippen LogP contribution >= 0.6 is 11.6 Å². The van der Waals surface area contributed by atoms with Gasteiger partial charge in [0.25, 0.3) is 0 Å². The van der Waals surface area contributed by atoms with E-state index in [1.54, 1.807) is 0 Å². The molecule has 0 aromatic carbocycles. The summed E-state index contributed by atoms with van der Waals surface area (Å²) in [6, 6.07) is 0. The Morgan fingerprint density at radius 3 is 1.88 bits per heavy atom. The molecule has 1 fully saturated rings. The number of primary sulfonamides is 1. The van der Waals surface area contributed by atoms with E-state index in [0.29, 0.717) is 12.8 Å². The Kier molecular flexibility index (Phi) is 1.08. The first-order valence-electron chi connectivity index (χ1n) is 2.17. The molecule has 0 heterocycles. The van der Waals surface area contributed by atoms with Gasteiger partial charge in [0.15, 0.2) is 4.21 Å². The standard InChI is InChI=1S/C3H6ClNO2S/c4-3(1-2-3)8(5,6)7/h1-2H2,(H2,5,6,7). The van der Waals surface area contributed by atoms with Crippen molar-refractivity contribution in [3.8, 4) is 0 Å². The van der Waals surface area contributed by atoms with Crippen molar-refractivity contribution < 1.29 is 8.42 Å². The minimum absolute atomic E-state index is 0.493. The van der Waals surface area contributed by atoms with E-state index in [1.165, 1.54) is 0 Å². The lowest BCUT2D eigenvalue weighted by molar-refractivity contribution is 0.593. The first kappa shape index (κ1) is 6.32. The lowest BCUT2D eigenvalue weighted by Crippen LogP contribution is -2.24. The number of sulfonamides is 1. The van der Waals surface area contributed by atoms with E-state index >= 15 is 0 Å². The van der Waals surface area contributed by atoms with Crippen LogP contribution < -0.4 is 5.14 Å². The Morgan fingerprint density at radius 1 is 1.50 bits per heavy atom. The van der Waals surface area contributed by atoms with Crippen LogP contribution in [0.3, 0.4) is 0 Å². The van der Waals surface area contributed by atoms with Gasteiger partial charge in [0.2, 0.25) is 10.0 Å². The Morgan fingerprint density at radius 2 is 1.88 bits per heavy atom. The molecule has 0 aliphatic heterocycles. The number of alkyl halides is 1. The van der Waals surface area contributed by atoms with Gasteiger partial charge in [0.05, 0.1) is 0 Å². The quantitative estimate of drug-likeness (QED) is 0.542. The molecule has 0 bridgehead atoms. The SMILES string of the molecule is NS(=O)(=O)C1(Cl)CC1. The Balaban J connectivity index is 2.90. The van der Waals surface area contributed by atoms with Crippen molar-refractivity contribution in [2.45, 2.75) is 17.0 Å². The third-order valence-corrected chi connectivity index (χ3v) is 3.60. The van der Waals surface area contributed by atoms with Crippen LogP contribution in [0.1, 0.15) is 12.8 Å². The number of nitrogens with two attached hydrogens (primary N) is 1. The summed E-state index contributed by atoms with van der Waals surface area (Å²) >= 11 is 5.41. The normalized spacial score (nSPS) is 25.2. The highest BCUT2D eigenvalue weighted by atomic mass is 35.5. The van der Waals surface area contributed by atoms with E-state index in [0.717, 1.165) is 0 Å². The molecule has 0 atom stereocenters. The largest absolute Gasteiger partial charge is 0.228 e. The van der Waals surface area contributed by atoms with E-state index in [-0.39, 0.29) is 0 Å². The summed E-state index contributed by atoms with van der Waals surface area (Å²) in [5.41, 5.74) is 0. The molecule has 2 N–H and O–H groups in total. The third-order valence-electron chi connectivity index (χ3n) is 1.15. The first-order chi connectivity index (χ1) is 3.46. The fourth-order valence-electron chi connectivity index (χ4n) is 0.383. The molecule has 48 valence electrons. The van der Waals surface area contributed by atoms with E-state index in [1.807, 2.05) is 0 Å². The zero-order chi connectivity index (χ0) is 6.41. The second kappa shape index (κ2) is 1.37. The van der Waals surface area contributed by atoms with Crippen molar-refractivity contribution >= 4 is 21.6 Å². The molecule has 0 amide bonds. The number of hydrogen-bond acceptors (Lipinski definition) is 2. The lowest BCUT2D eigenvalue weighted by Gasteiger charge is -1.98. The van der Waals surface area contributed by atoms with Crippen LogP contribution in [0.4, 0.5) is 0 Å². The number of halogens is 1. The predicted molar refractivity (Wildman–Crippen MR) is 30.9 cm³/mol. The van der Waals surface area contributed by atoms with Gasteiger partial charge < -0.3 is 0 Å². The van der Waals surface area contributed by atoms with Crippen molar-refractivity contribution in [3.05, 3.63) is 0 Å². The monoisotopic (exact) mass is 155 g/mol. The van der Waals surface area contributed by atoms with Crippen LogP contribution in [0, 0.1) is 0 Å². The zero-order valence-corrected chi connectivity index (χ0v) is 5.67. The second-order valence-electron chi connectivity index (χ2n) is 1.93. The van der Waals surface area contributed by atoms with E-state index in [4.69, 9.17) is 16.7 Å². The number of hydrogen-bond donors (Lipinski definition) is 1. The van der Waals surface area contributed by atoms with Gasteiger partial charge >= 0.3 is 0 Å². The molecule has 1 saturated carbocycles. The van der Waals surface area contributed by atoms with Crippen molar-refractivity contribution in [3.63, 3.8) is 0 Å². The molecule has 5 heteroatoms. The fraction of sp³-hybridized carbons (Fsp3) is 1.00. The van der Waals surface area contributed by atoms with Crippen LogP contribution in [0.15, 0.2) is 0 Å². The van der Waals surface area contributed by atoms with E-state index in [9.17, 15) is 8.42 Å². The Bertz CT molecular complexity index is 193. The van der Waals surface area contributed by atoms with Crippen molar-refractivity contribution in [2.24, 2.45) is 5.14 Å². The van der Waals surface area contributed by atoms with Gasteiger partial charge in [-0.3, -0.25) is 0 Å². The lowest BCUT2D eigenvalue weighted by atomic mass is 11.0. The highest BCUT2D eigenvalue weighted by Crippen LogP contribution is 2.45. The van der Waals surface area contributed by atoms with Gasteiger partial charge in [-0.2, -0.15) is 0 Å². The maximum Gasteiger partial charge on any atom is 0.228 e. The predicted octanol–water partition coefficient (Wildman–Crippen LogP) is 0.00380. The molecular formula is C3H6ClNO2S. The summed E-state index contributed by atoms with van der Waals surface area (Å²) in [5.74, 6) is 0. The maximum atomic E-state index is 10.4. The minimum atomic E-state index is -3.46. The van der Waals surface area contributed by atoms with Gasteiger partial charge in [-0.1, -0.05) is 0 Å². The molecule has 3 nitrogen and oxygen atoms in total. The molecule has 1 rings (SSSR count). The smallest absolute Gasteiger partial charge is 0.227 e. The van der Waals surface area contributed by atoms with Gasteiger partial charge in [-0.15, -0.1) is 11.6 Å². The van der Waals surface area contributed by atoms with Gasteiger partial charge in [-0.25, -0.2) is 13.6 Å². The van der Waals surface area contributed by atoms with Gasteiger partial charge in [0, 0.05) is 0 Å². The summed E-state index contributed by atoms with van der Waals surface area (Å²) < 4.78 is 19.6. The highest BCUT2D eigenvalue weighted by Gasteiger charge is 2.51. The van der Waals surface area contributed by atoms with Gasteiger partial charge in [0.1, 0.15) is 0 Å². The fourth-order valence-corrected chi connectivity index (χ4v) is 1.15. The van der Waals surface area contributed by atoms with Crippen LogP contribution in [0.2, 0.25) is 0 Å². The molecular weight excluding hydrogens is 150 g/mol. The molecule has 0 radical (unpaired) electrons. The summed E-state index contributed by atoms with van der Waals surface area (Å²) in [4.78, 5) is 0. The third kappa shape index (κ3) is 0.831. The molecule has 0 aromatic heterocycles. The van der Waals surface area contributed by atoms with Crippen LogP contribution in [0.25, 0.3) is 0 Å². The molecule has 0 spiro atoms. The van der Waals surface area contributed by atoms with Gasteiger partial charge in [-0.05, 0) is 12.8 Å². The highest BCUT2D eigenvalue weighted by molar-refractivity contribution is 7.92. The van der Waals surface area contributed by atoms with Crippen LogP contribution in [-0.4, -0.2) is 12.6 Å². The molecule has 0 saturated heterocycles. The summed E-state index contributed by atoms with van der Waals surface area (Å²) in [5, 5.41) is 4.72. The van der Waals surface area contributed by atoms with Crippen molar-refractivity contribution in [2.75, 3.05) is 0 Å². The average molecular weight is 156 g/mol. The minimum Gasteiger partial charge on any atom is -0.227 e. The molecule has 0 aromatic rings. The maximum absolute atomic E-state index is 10.4. The average Bonchev–Trinajstić information content (AvgIpc) is 2.16. The first-order valence-corrected chi connectivity index (χ1v) is 4.09. The summed E-state index contributed by atoms with van der Waals surface area (Å²) in [6.07, 6.45) is 0.987. The van der Waals surface area contributed by atoms with Crippen LogP contribution in [0.5, 0.6) is 0 Å². The molecule has 1 aliphatic carbocycles. The van der Waals surface area contributed by atoms with Crippen molar-refractivity contribution in [1.82, 2.24) is 0 Å². The zero-order valence-electron chi connectivity index (χ0n) is 4.09. The Hall–Kier alpha value is 0.200. The van der Waals surface area contributed by atoms with E-state index in [2.05, 4.69) is 0 Å². The van der Waals surface area contributed by atoms with E-state index < -0.39 is 14.2 Å². The second-order valence-corrected chi connectivity index (χ2v) is 4.75. The topological polar surface area (TPSA) is 60.2 Å². The van der Waals surface area contributed by atoms with Crippen molar-refractivity contribution in [1.29, 1.82) is 0 Å². The number of rotatable bonds is 1.